The topological polar surface area (TPSA) is 114 Å². The fourth-order valence-electron chi connectivity index (χ4n) is 1.50. The predicted octanol–water partition coefficient (Wildman–Crippen LogP) is 1.63. The Balaban J connectivity index is 1.94. The van der Waals surface area contributed by atoms with E-state index >= 15 is 0 Å². The highest BCUT2D eigenvalue weighted by Gasteiger charge is 2.13. The van der Waals surface area contributed by atoms with Gasteiger partial charge in [-0.25, -0.2) is 14.6 Å². The van der Waals surface area contributed by atoms with Gasteiger partial charge in [-0.3, -0.25) is 5.32 Å². The lowest BCUT2D eigenvalue weighted by molar-refractivity contribution is 0.0687. The van der Waals surface area contributed by atoms with Crippen molar-refractivity contribution >= 4 is 18.0 Å². The molecule has 0 bridgehead atoms. The number of aryl methyl sites for hydroxylation is 1. The molecule has 21 heavy (non-hydrogen) atoms. The van der Waals surface area contributed by atoms with Crippen LogP contribution in [0.4, 0.5) is 10.7 Å². The molecule has 108 valence electrons. The van der Waals surface area contributed by atoms with Gasteiger partial charge < -0.3 is 9.84 Å². The number of hydrogen-bond acceptors (Lipinski definition) is 6. The Morgan fingerprint density at radius 3 is 2.57 bits per heavy atom. The van der Waals surface area contributed by atoms with E-state index in [-0.39, 0.29) is 23.9 Å². The Morgan fingerprint density at radius 2 is 1.95 bits per heavy atom. The highest BCUT2D eigenvalue weighted by Crippen LogP contribution is 2.05. The van der Waals surface area contributed by atoms with Crippen LogP contribution in [-0.2, 0) is 11.3 Å². The van der Waals surface area contributed by atoms with Gasteiger partial charge in [0.05, 0.1) is 5.69 Å². The number of hydrogen-bond donors (Lipinski definition) is 2. The van der Waals surface area contributed by atoms with Gasteiger partial charge in [0.2, 0.25) is 0 Å². The van der Waals surface area contributed by atoms with Gasteiger partial charge >= 0.3 is 12.1 Å². The number of amides is 1. The van der Waals surface area contributed by atoms with E-state index < -0.39 is 12.1 Å². The summed E-state index contributed by atoms with van der Waals surface area (Å²) in [4.78, 5) is 26.1. The fraction of sp³-hybridized carbons (Fsp3) is 0.154. The average Bonchev–Trinajstić information content (AvgIpc) is 2.46. The molecule has 1 heterocycles. The summed E-state index contributed by atoms with van der Waals surface area (Å²) < 4.78 is 4.98. The van der Waals surface area contributed by atoms with Crippen LogP contribution in [0.3, 0.4) is 0 Å². The van der Waals surface area contributed by atoms with E-state index in [1.165, 1.54) is 6.92 Å². The molecule has 8 heteroatoms. The average molecular weight is 288 g/mol. The second-order valence-corrected chi connectivity index (χ2v) is 4.06. The van der Waals surface area contributed by atoms with Crippen molar-refractivity contribution in [2.75, 3.05) is 5.32 Å². The van der Waals surface area contributed by atoms with E-state index in [4.69, 9.17) is 9.84 Å². The summed E-state index contributed by atoms with van der Waals surface area (Å²) in [5, 5.41) is 18.0. The van der Waals surface area contributed by atoms with E-state index in [0.717, 1.165) is 5.56 Å². The number of ether oxygens (including phenoxy) is 1. The molecule has 0 saturated heterocycles. The van der Waals surface area contributed by atoms with E-state index in [9.17, 15) is 9.59 Å². The molecule has 0 radical (unpaired) electrons. The monoisotopic (exact) mass is 288 g/mol. The first kappa shape index (κ1) is 14.4. The molecule has 2 N–H and O–H groups in total. The molecule has 0 aliphatic rings. The van der Waals surface area contributed by atoms with Crippen LogP contribution in [0.15, 0.2) is 30.3 Å². The van der Waals surface area contributed by atoms with Crippen LogP contribution < -0.4 is 5.32 Å². The Kier molecular flexibility index (Phi) is 4.39. The summed E-state index contributed by atoms with van der Waals surface area (Å²) in [5.41, 5.74) is 0.721. The van der Waals surface area contributed by atoms with Crippen LogP contribution in [-0.4, -0.2) is 32.4 Å². The molecule has 1 aromatic carbocycles. The fourth-order valence-corrected chi connectivity index (χ4v) is 1.50. The van der Waals surface area contributed by atoms with Crippen LogP contribution in [0.2, 0.25) is 0 Å². The maximum Gasteiger partial charge on any atom is 0.414 e. The highest BCUT2D eigenvalue weighted by atomic mass is 16.5. The van der Waals surface area contributed by atoms with Crippen molar-refractivity contribution in [1.82, 2.24) is 15.2 Å². The minimum absolute atomic E-state index is 0.103. The molecular weight excluding hydrogens is 276 g/mol. The van der Waals surface area contributed by atoms with E-state index in [0.29, 0.717) is 0 Å². The number of nitrogens with one attached hydrogen (secondary N) is 1. The van der Waals surface area contributed by atoms with Crippen molar-refractivity contribution in [2.45, 2.75) is 13.5 Å². The molecule has 8 nitrogen and oxygen atoms in total. The maximum absolute atomic E-state index is 11.6. The minimum Gasteiger partial charge on any atom is -0.476 e. The first-order valence-corrected chi connectivity index (χ1v) is 5.98. The summed E-state index contributed by atoms with van der Waals surface area (Å²) in [5.74, 6) is -1.35. The number of nitrogens with zero attached hydrogens (tertiary/aromatic N) is 3. The summed E-state index contributed by atoms with van der Waals surface area (Å²) >= 11 is 0. The normalized spacial score (nSPS) is 9.95. The van der Waals surface area contributed by atoms with E-state index in [1.807, 2.05) is 30.3 Å². The zero-order chi connectivity index (χ0) is 15.2. The third-order valence-electron chi connectivity index (χ3n) is 2.49. The van der Waals surface area contributed by atoms with E-state index in [1.54, 1.807) is 0 Å². The van der Waals surface area contributed by atoms with Gasteiger partial charge in [-0.2, -0.15) is 0 Å². The molecular formula is C13H12N4O4. The molecule has 0 aliphatic heterocycles. The quantitative estimate of drug-likeness (QED) is 0.878. The minimum atomic E-state index is -1.23. The van der Waals surface area contributed by atoms with Crippen LogP contribution in [0, 0.1) is 6.92 Å². The number of aromatic nitrogens is 3. The van der Waals surface area contributed by atoms with Crippen molar-refractivity contribution in [1.29, 1.82) is 0 Å². The largest absolute Gasteiger partial charge is 0.476 e. The van der Waals surface area contributed by atoms with Crippen molar-refractivity contribution < 1.29 is 19.4 Å². The molecule has 0 unspecified atom stereocenters. The Morgan fingerprint density at radius 1 is 1.24 bits per heavy atom. The number of carboxylic acid groups (broad SMARTS) is 1. The molecule has 2 rings (SSSR count). The third-order valence-corrected chi connectivity index (χ3v) is 2.49. The number of carbonyl (C=O) groups is 2. The standard InChI is InChI=1S/C13H12N4O4/c1-8-10(11(18)19)16-17-12(14-8)15-13(20)21-7-9-5-3-2-4-6-9/h2-6H,7H2,1H3,(H,18,19)(H,14,15,17,20). The van der Waals surface area contributed by atoms with Gasteiger partial charge in [-0.1, -0.05) is 30.3 Å². The number of aromatic carboxylic acids is 1. The van der Waals surface area contributed by atoms with Gasteiger partial charge in [-0.05, 0) is 12.5 Å². The van der Waals surface area contributed by atoms with Crippen molar-refractivity contribution in [3.8, 4) is 0 Å². The van der Waals surface area contributed by atoms with Crippen LogP contribution in [0.5, 0.6) is 0 Å². The number of anilines is 1. The summed E-state index contributed by atoms with van der Waals surface area (Å²) in [7, 11) is 0. The molecule has 0 spiro atoms. The molecule has 1 amide bonds. The second-order valence-electron chi connectivity index (χ2n) is 4.06. The van der Waals surface area contributed by atoms with Gasteiger partial charge in [-0.15, -0.1) is 10.2 Å². The van der Waals surface area contributed by atoms with Gasteiger partial charge in [0.25, 0.3) is 5.95 Å². The van der Waals surface area contributed by atoms with Crippen molar-refractivity contribution in [2.24, 2.45) is 0 Å². The Bertz CT molecular complexity index is 660. The summed E-state index contributed by atoms with van der Waals surface area (Å²) in [6.45, 7) is 1.56. The highest BCUT2D eigenvalue weighted by molar-refractivity contribution is 5.87. The first-order chi connectivity index (χ1) is 10.1. The van der Waals surface area contributed by atoms with Crippen LogP contribution >= 0.6 is 0 Å². The van der Waals surface area contributed by atoms with Gasteiger partial charge in [0, 0.05) is 0 Å². The van der Waals surface area contributed by atoms with Gasteiger partial charge in [0.15, 0.2) is 5.69 Å². The lowest BCUT2D eigenvalue weighted by Gasteiger charge is -2.06. The molecule has 2 aromatic rings. The summed E-state index contributed by atoms with van der Waals surface area (Å²) in [6, 6.07) is 9.15. The van der Waals surface area contributed by atoms with Gasteiger partial charge in [0.1, 0.15) is 6.61 Å². The molecule has 0 aliphatic carbocycles. The number of carboxylic acids is 1. The Labute approximate surface area is 119 Å². The van der Waals surface area contributed by atoms with Crippen molar-refractivity contribution in [3.05, 3.63) is 47.3 Å². The second kappa shape index (κ2) is 6.42. The van der Waals surface area contributed by atoms with Crippen LogP contribution in [0.25, 0.3) is 0 Å². The smallest absolute Gasteiger partial charge is 0.414 e. The lowest BCUT2D eigenvalue weighted by atomic mass is 10.2. The number of benzene rings is 1. The van der Waals surface area contributed by atoms with Crippen LogP contribution in [0.1, 0.15) is 21.7 Å². The molecule has 1 aromatic heterocycles. The molecule has 0 fully saturated rings. The number of rotatable bonds is 4. The molecule has 0 saturated carbocycles. The summed E-state index contributed by atoms with van der Waals surface area (Å²) in [6.07, 6.45) is -0.747. The third kappa shape index (κ3) is 3.96. The lowest BCUT2D eigenvalue weighted by Crippen LogP contribution is -2.18. The van der Waals surface area contributed by atoms with Crippen molar-refractivity contribution in [3.63, 3.8) is 0 Å². The first-order valence-electron chi connectivity index (χ1n) is 5.98. The number of carbonyl (C=O) groups excluding carboxylic acids is 1. The molecule has 0 atom stereocenters. The Hall–Kier alpha value is -3.03. The SMILES string of the molecule is Cc1nc(NC(=O)OCc2ccccc2)nnc1C(=O)O. The zero-order valence-electron chi connectivity index (χ0n) is 11.1. The predicted molar refractivity (Wildman–Crippen MR) is 71.8 cm³/mol. The zero-order valence-corrected chi connectivity index (χ0v) is 11.1. The van der Waals surface area contributed by atoms with E-state index in [2.05, 4.69) is 20.5 Å². The maximum atomic E-state index is 11.6.